The number of hydrogen-bond donors (Lipinski definition) is 1. The van der Waals surface area contributed by atoms with Crippen molar-refractivity contribution in [2.75, 3.05) is 18.6 Å². The van der Waals surface area contributed by atoms with Gasteiger partial charge in [0.05, 0.1) is 12.6 Å². The molecular formula is C20H19N3O2. The summed E-state index contributed by atoms with van der Waals surface area (Å²) in [7, 11) is 1.42. The van der Waals surface area contributed by atoms with Crippen LogP contribution in [0.5, 0.6) is 0 Å². The van der Waals surface area contributed by atoms with Gasteiger partial charge in [0.15, 0.2) is 0 Å². The van der Waals surface area contributed by atoms with Crippen LogP contribution in [0.25, 0.3) is 10.9 Å². The molecule has 1 aromatic heterocycles. The Bertz CT molecular complexity index is 951. The fourth-order valence-electron chi connectivity index (χ4n) is 3.26. The van der Waals surface area contributed by atoms with Gasteiger partial charge in [0.2, 0.25) is 0 Å². The number of fused-ring (bicyclic) bond motifs is 2. The number of carbonyl (C=O) groups is 1. The number of pyridine rings is 1. The zero-order chi connectivity index (χ0) is 17.4. The molecule has 0 aliphatic carbocycles. The SMILES string of the molecule is CONC(=O)c1ccc(N2CCc3cc4ccc(C)cc4nc32)cc1. The number of rotatable bonds is 3. The van der Waals surface area contributed by atoms with Gasteiger partial charge < -0.3 is 4.90 Å². The number of aryl methyl sites for hydroxylation is 1. The van der Waals surface area contributed by atoms with Gasteiger partial charge in [0.25, 0.3) is 5.91 Å². The maximum absolute atomic E-state index is 11.8. The number of amides is 1. The van der Waals surface area contributed by atoms with E-state index in [0.717, 1.165) is 30.0 Å². The largest absolute Gasteiger partial charge is 0.326 e. The Balaban J connectivity index is 1.69. The first-order valence-electron chi connectivity index (χ1n) is 8.27. The molecule has 1 amide bonds. The molecule has 5 nitrogen and oxygen atoms in total. The molecule has 1 aliphatic rings. The summed E-state index contributed by atoms with van der Waals surface area (Å²) >= 11 is 0. The van der Waals surface area contributed by atoms with Crippen molar-refractivity contribution < 1.29 is 9.63 Å². The average molecular weight is 333 g/mol. The van der Waals surface area contributed by atoms with E-state index in [1.807, 2.05) is 12.1 Å². The van der Waals surface area contributed by atoms with Crippen molar-refractivity contribution >= 4 is 28.3 Å². The van der Waals surface area contributed by atoms with Crippen molar-refractivity contribution in [1.29, 1.82) is 0 Å². The Labute approximate surface area is 146 Å². The minimum Gasteiger partial charge on any atom is -0.326 e. The number of aromatic nitrogens is 1. The van der Waals surface area contributed by atoms with Gasteiger partial charge in [-0.3, -0.25) is 9.63 Å². The zero-order valence-electron chi connectivity index (χ0n) is 14.2. The second kappa shape index (κ2) is 6.18. The van der Waals surface area contributed by atoms with Gasteiger partial charge >= 0.3 is 0 Å². The van der Waals surface area contributed by atoms with Gasteiger partial charge in [-0.1, -0.05) is 12.1 Å². The lowest BCUT2D eigenvalue weighted by atomic mass is 10.1. The topological polar surface area (TPSA) is 54.5 Å². The lowest BCUT2D eigenvalue weighted by molar-refractivity contribution is 0.0537. The van der Waals surface area contributed by atoms with Crippen LogP contribution >= 0.6 is 0 Å². The smallest absolute Gasteiger partial charge is 0.274 e. The Hall–Kier alpha value is -2.92. The predicted molar refractivity (Wildman–Crippen MR) is 98.1 cm³/mol. The van der Waals surface area contributed by atoms with Gasteiger partial charge in [-0.05, 0) is 60.9 Å². The summed E-state index contributed by atoms with van der Waals surface area (Å²) in [5, 5.41) is 1.18. The Morgan fingerprint density at radius 1 is 1.16 bits per heavy atom. The number of nitrogens with one attached hydrogen (secondary N) is 1. The van der Waals surface area contributed by atoms with Gasteiger partial charge in [0.1, 0.15) is 5.82 Å². The molecule has 126 valence electrons. The van der Waals surface area contributed by atoms with Crippen molar-refractivity contribution in [3.63, 3.8) is 0 Å². The number of hydroxylamine groups is 1. The molecule has 0 saturated heterocycles. The van der Waals surface area contributed by atoms with Crippen molar-refractivity contribution in [3.8, 4) is 0 Å². The first-order valence-corrected chi connectivity index (χ1v) is 8.27. The van der Waals surface area contributed by atoms with E-state index in [1.54, 1.807) is 12.1 Å². The highest BCUT2D eigenvalue weighted by Crippen LogP contribution is 2.35. The van der Waals surface area contributed by atoms with Crippen molar-refractivity contribution in [3.05, 3.63) is 65.2 Å². The van der Waals surface area contributed by atoms with E-state index in [0.29, 0.717) is 5.56 Å². The van der Waals surface area contributed by atoms with E-state index < -0.39 is 0 Å². The second-order valence-corrected chi connectivity index (χ2v) is 6.25. The molecule has 1 N–H and O–H groups in total. The van der Waals surface area contributed by atoms with E-state index in [2.05, 4.69) is 46.4 Å². The van der Waals surface area contributed by atoms with E-state index in [-0.39, 0.29) is 5.91 Å². The highest BCUT2D eigenvalue weighted by molar-refractivity contribution is 5.94. The van der Waals surface area contributed by atoms with Gasteiger partial charge in [-0.25, -0.2) is 10.5 Å². The molecule has 2 aromatic carbocycles. The molecule has 0 bridgehead atoms. The highest BCUT2D eigenvalue weighted by atomic mass is 16.6. The fraction of sp³-hybridized carbons (Fsp3) is 0.200. The summed E-state index contributed by atoms with van der Waals surface area (Å²) in [6.07, 6.45) is 0.970. The van der Waals surface area contributed by atoms with E-state index in [4.69, 9.17) is 4.98 Å². The maximum atomic E-state index is 11.8. The molecule has 4 rings (SSSR count). The molecule has 3 aromatic rings. The summed E-state index contributed by atoms with van der Waals surface area (Å²) in [5.74, 6) is 0.752. The molecule has 0 saturated carbocycles. The highest BCUT2D eigenvalue weighted by Gasteiger charge is 2.23. The van der Waals surface area contributed by atoms with Crippen LogP contribution in [-0.4, -0.2) is 24.5 Å². The number of hydrogen-bond acceptors (Lipinski definition) is 4. The van der Waals surface area contributed by atoms with Crippen LogP contribution in [0.15, 0.2) is 48.5 Å². The fourth-order valence-corrected chi connectivity index (χ4v) is 3.26. The van der Waals surface area contributed by atoms with Crippen LogP contribution in [0, 0.1) is 6.92 Å². The van der Waals surface area contributed by atoms with E-state index in [9.17, 15) is 4.79 Å². The molecule has 0 atom stereocenters. The van der Waals surface area contributed by atoms with Crippen molar-refractivity contribution in [1.82, 2.24) is 10.5 Å². The van der Waals surface area contributed by atoms with Crippen LogP contribution in [0.2, 0.25) is 0 Å². The van der Waals surface area contributed by atoms with Gasteiger partial charge in [-0.2, -0.15) is 0 Å². The van der Waals surface area contributed by atoms with E-state index >= 15 is 0 Å². The van der Waals surface area contributed by atoms with Crippen LogP contribution < -0.4 is 10.4 Å². The quantitative estimate of drug-likeness (QED) is 0.745. The van der Waals surface area contributed by atoms with Crippen LogP contribution in [-0.2, 0) is 11.3 Å². The Morgan fingerprint density at radius 2 is 1.96 bits per heavy atom. The first kappa shape index (κ1) is 15.6. The van der Waals surface area contributed by atoms with Crippen LogP contribution in [0.1, 0.15) is 21.5 Å². The Kier molecular flexibility index (Phi) is 3.86. The molecule has 0 spiro atoms. The number of anilines is 2. The third kappa shape index (κ3) is 2.83. The Morgan fingerprint density at radius 3 is 2.72 bits per heavy atom. The summed E-state index contributed by atoms with van der Waals surface area (Å²) in [6.45, 7) is 2.97. The van der Waals surface area contributed by atoms with Crippen molar-refractivity contribution in [2.45, 2.75) is 13.3 Å². The molecule has 1 aliphatic heterocycles. The number of carbonyl (C=O) groups excluding carboxylic acids is 1. The molecule has 0 radical (unpaired) electrons. The molecule has 2 heterocycles. The van der Waals surface area contributed by atoms with Crippen LogP contribution in [0.4, 0.5) is 11.5 Å². The van der Waals surface area contributed by atoms with E-state index in [1.165, 1.54) is 23.6 Å². The molecule has 0 unspecified atom stereocenters. The van der Waals surface area contributed by atoms with Crippen LogP contribution in [0.3, 0.4) is 0 Å². The number of benzene rings is 2. The number of nitrogens with zero attached hydrogens (tertiary/aromatic N) is 2. The molecule has 0 fully saturated rings. The second-order valence-electron chi connectivity index (χ2n) is 6.25. The third-order valence-electron chi connectivity index (χ3n) is 4.53. The predicted octanol–water partition coefficient (Wildman–Crippen LogP) is 3.53. The normalized spacial score (nSPS) is 13.1. The third-order valence-corrected chi connectivity index (χ3v) is 4.53. The molecule has 5 heteroatoms. The van der Waals surface area contributed by atoms with Crippen molar-refractivity contribution in [2.24, 2.45) is 0 Å². The van der Waals surface area contributed by atoms with Gasteiger partial charge in [-0.15, -0.1) is 0 Å². The molecular weight excluding hydrogens is 314 g/mol. The lowest BCUT2D eigenvalue weighted by Gasteiger charge is -2.19. The minimum atomic E-state index is -0.254. The standard InChI is InChI=1S/C20H19N3O2/c1-13-3-4-15-12-16-9-10-23(19(16)21-18(15)11-13)17-7-5-14(6-8-17)20(24)22-25-2/h3-8,11-12H,9-10H2,1-2H3,(H,22,24). The first-order chi connectivity index (χ1) is 12.2. The minimum absolute atomic E-state index is 0.254. The zero-order valence-corrected chi connectivity index (χ0v) is 14.2. The lowest BCUT2D eigenvalue weighted by Crippen LogP contribution is -2.22. The summed E-state index contributed by atoms with van der Waals surface area (Å²) < 4.78 is 0. The summed E-state index contributed by atoms with van der Waals surface area (Å²) in [5.41, 5.74) is 7.41. The average Bonchev–Trinajstić information content (AvgIpc) is 3.03. The van der Waals surface area contributed by atoms with Gasteiger partial charge in [0, 0.05) is 23.2 Å². The molecule has 25 heavy (non-hydrogen) atoms. The maximum Gasteiger partial charge on any atom is 0.274 e. The summed E-state index contributed by atoms with van der Waals surface area (Å²) in [4.78, 5) is 23.5. The summed E-state index contributed by atoms with van der Waals surface area (Å²) in [6, 6.07) is 16.1. The monoisotopic (exact) mass is 333 g/mol.